The van der Waals surface area contributed by atoms with E-state index in [9.17, 15) is 9.90 Å². The SMILES string of the molecule is Cc1cccc(C(C)(COCC(C)(C)CBr)C(=O)O)c1. The molecule has 0 aliphatic rings. The highest BCUT2D eigenvalue weighted by atomic mass is 79.9. The van der Waals surface area contributed by atoms with Crippen molar-refractivity contribution >= 4 is 21.9 Å². The quantitative estimate of drug-likeness (QED) is 0.767. The molecule has 0 amide bonds. The van der Waals surface area contributed by atoms with Gasteiger partial charge in [-0.05, 0) is 24.8 Å². The second kappa shape index (κ2) is 6.72. The largest absolute Gasteiger partial charge is 0.481 e. The van der Waals surface area contributed by atoms with Gasteiger partial charge in [-0.15, -0.1) is 0 Å². The summed E-state index contributed by atoms with van der Waals surface area (Å²) < 4.78 is 5.70. The van der Waals surface area contributed by atoms with Crippen molar-refractivity contribution in [3.8, 4) is 0 Å². The van der Waals surface area contributed by atoms with Gasteiger partial charge in [-0.25, -0.2) is 0 Å². The van der Waals surface area contributed by atoms with Crippen molar-refractivity contribution in [3.63, 3.8) is 0 Å². The molecule has 1 rings (SSSR count). The van der Waals surface area contributed by atoms with Crippen molar-refractivity contribution in [1.29, 1.82) is 0 Å². The number of carbonyl (C=O) groups is 1. The summed E-state index contributed by atoms with van der Waals surface area (Å²) in [5, 5.41) is 10.4. The Labute approximate surface area is 129 Å². The average Bonchev–Trinajstić information content (AvgIpc) is 2.38. The van der Waals surface area contributed by atoms with Crippen LogP contribution < -0.4 is 0 Å². The second-order valence-electron chi connectivity index (χ2n) is 6.30. The first kappa shape index (κ1) is 17.2. The monoisotopic (exact) mass is 342 g/mol. The van der Waals surface area contributed by atoms with Crippen molar-refractivity contribution in [2.45, 2.75) is 33.1 Å². The zero-order valence-electron chi connectivity index (χ0n) is 12.6. The molecule has 0 aromatic heterocycles. The fourth-order valence-electron chi connectivity index (χ4n) is 1.83. The molecule has 1 N–H and O–H groups in total. The van der Waals surface area contributed by atoms with E-state index in [-0.39, 0.29) is 12.0 Å². The van der Waals surface area contributed by atoms with Crippen LogP contribution in [0.3, 0.4) is 0 Å². The molecule has 0 saturated carbocycles. The number of alkyl halides is 1. The predicted molar refractivity (Wildman–Crippen MR) is 84.6 cm³/mol. The summed E-state index contributed by atoms with van der Waals surface area (Å²) in [5.41, 5.74) is 0.804. The molecule has 0 aliphatic heterocycles. The van der Waals surface area contributed by atoms with Crippen molar-refractivity contribution in [2.75, 3.05) is 18.5 Å². The van der Waals surface area contributed by atoms with E-state index in [1.807, 2.05) is 31.2 Å². The molecule has 3 nitrogen and oxygen atoms in total. The van der Waals surface area contributed by atoms with Crippen LogP contribution in [0.5, 0.6) is 0 Å². The summed E-state index contributed by atoms with van der Waals surface area (Å²) in [5.74, 6) is -0.861. The summed E-state index contributed by atoms with van der Waals surface area (Å²) in [6, 6.07) is 7.60. The van der Waals surface area contributed by atoms with E-state index < -0.39 is 11.4 Å². The van der Waals surface area contributed by atoms with Gasteiger partial charge in [-0.2, -0.15) is 0 Å². The molecule has 0 aliphatic carbocycles. The Bertz CT molecular complexity index is 471. The number of rotatable bonds is 7. The molecule has 0 heterocycles. The van der Waals surface area contributed by atoms with Gasteiger partial charge >= 0.3 is 5.97 Å². The van der Waals surface area contributed by atoms with Crippen molar-refractivity contribution < 1.29 is 14.6 Å². The van der Waals surface area contributed by atoms with Crippen molar-refractivity contribution in [3.05, 3.63) is 35.4 Å². The highest BCUT2D eigenvalue weighted by Crippen LogP contribution is 2.27. The molecule has 1 atom stereocenters. The van der Waals surface area contributed by atoms with Gasteiger partial charge in [0.15, 0.2) is 0 Å². The van der Waals surface area contributed by atoms with Gasteiger partial charge in [0.05, 0.1) is 13.2 Å². The molecule has 1 aromatic carbocycles. The first-order chi connectivity index (χ1) is 9.21. The van der Waals surface area contributed by atoms with E-state index in [2.05, 4.69) is 29.8 Å². The number of halogens is 1. The number of aryl methyl sites for hydroxylation is 1. The third-order valence-corrected chi connectivity index (χ3v) is 4.89. The molecule has 20 heavy (non-hydrogen) atoms. The molecular weight excluding hydrogens is 320 g/mol. The Balaban J connectivity index is 2.86. The lowest BCUT2D eigenvalue weighted by atomic mass is 9.82. The van der Waals surface area contributed by atoms with Gasteiger partial charge in [0, 0.05) is 5.33 Å². The van der Waals surface area contributed by atoms with Gasteiger partial charge < -0.3 is 9.84 Å². The smallest absolute Gasteiger partial charge is 0.316 e. The molecule has 0 bridgehead atoms. The maximum atomic E-state index is 11.7. The van der Waals surface area contributed by atoms with Crippen LogP contribution in [0.25, 0.3) is 0 Å². The van der Waals surface area contributed by atoms with Crippen LogP contribution >= 0.6 is 15.9 Å². The van der Waals surface area contributed by atoms with Crippen LogP contribution in [0.2, 0.25) is 0 Å². The Morgan fingerprint density at radius 1 is 1.30 bits per heavy atom. The van der Waals surface area contributed by atoms with Crippen LogP contribution in [-0.4, -0.2) is 29.6 Å². The lowest BCUT2D eigenvalue weighted by Gasteiger charge is -2.28. The Hall–Kier alpha value is -0.870. The third kappa shape index (κ3) is 4.32. The second-order valence-corrected chi connectivity index (χ2v) is 6.86. The number of benzene rings is 1. The molecule has 1 unspecified atom stereocenters. The van der Waals surface area contributed by atoms with Crippen LogP contribution in [0.1, 0.15) is 31.9 Å². The van der Waals surface area contributed by atoms with E-state index >= 15 is 0 Å². The summed E-state index contributed by atoms with van der Waals surface area (Å²) in [6.45, 7) is 8.51. The highest BCUT2D eigenvalue weighted by Gasteiger charge is 2.36. The topological polar surface area (TPSA) is 46.5 Å². The minimum absolute atomic E-state index is 0.00792. The third-order valence-electron chi connectivity index (χ3n) is 3.37. The number of carboxylic acids is 1. The van der Waals surface area contributed by atoms with E-state index in [4.69, 9.17) is 4.74 Å². The first-order valence-corrected chi connectivity index (χ1v) is 7.78. The summed E-state index contributed by atoms with van der Waals surface area (Å²) >= 11 is 3.44. The Kier molecular flexibility index (Phi) is 5.78. The lowest BCUT2D eigenvalue weighted by Crippen LogP contribution is -2.38. The van der Waals surface area contributed by atoms with Gasteiger partial charge in [-0.1, -0.05) is 59.6 Å². The number of aliphatic carboxylic acids is 1. The summed E-state index contributed by atoms with van der Waals surface area (Å²) in [7, 11) is 0. The van der Waals surface area contributed by atoms with Gasteiger partial charge in [0.25, 0.3) is 0 Å². The van der Waals surface area contributed by atoms with E-state index in [1.54, 1.807) is 6.92 Å². The molecule has 0 spiro atoms. The van der Waals surface area contributed by atoms with Gasteiger partial charge in [0.2, 0.25) is 0 Å². The van der Waals surface area contributed by atoms with E-state index in [1.165, 1.54) is 0 Å². The van der Waals surface area contributed by atoms with E-state index in [0.717, 1.165) is 16.5 Å². The fraction of sp³-hybridized carbons (Fsp3) is 0.562. The molecule has 0 fully saturated rings. The normalized spacial score (nSPS) is 14.8. The van der Waals surface area contributed by atoms with E-state index in [0.29, 0.717) is 6.61 Å². The van der Waals surface area contributed by atoms with Gasteiger partial charge in [-0.3, -0.25) is 4.79 Å². The minimum Gasteiger partial charge on any atom is -0.481 e. The molecule has 0 radical (unpaired) electrons. The number of hydrogen-bond acceptors (Lipinski definition) is 2. The standard InChI is InChI=1S/C16H23BrO3/c1-12-6-5-7-13(8-12)16(4,14(18)19)11-20-10-15(2,3)9-17/h5-8H,9-11H2,1-4H3,(H,18,19). The zero-order valence-corrected chi connectivity index (χ0v) is 14.2. The molecule has 4 heteroatoms. The maximum absolute atomic E-state index is 11.7. The number of ether oxygens (including phenoxy) is 1. The van der Waals surface area contributed by atoms with Crippen LogP contribution in [0.15, 0.2) is 24.3 Å². The summed E-state index contributed by atoms with van der Waals surface area (Å²) in [4.78, 5) is 11.7. The highest BCUT2D eigenvalue weighted by molar-refractivity contribution is 9.09. The molecule has 112 valence electrons. The number of carboxylic acid groups (broad SMARTS) is 1. The Morgan fingerprint density at radius 2 is 1.95 bits per heavy atom. The fourth-order valence-corrected chi connectivity index (χ4v) is 1.99. The molecular formula is C16H23BrO3. The lowest BCUT2D eigenvalue weighted by molar-refractivity contribution is -0.146. The molecule has 1 aromatic rings. The first-order valence-electron chi connectivity index (χ1n) is 6.65. The molecule has 0 saturated heterocycles. The van der Waals surface area contributed by atoms with Crippen LogP contribution in [-0.2, 0) is 14.9 Å². The minimum atomic E-state index is -1.02. The summed E-state index contributed by atoms with van der Waals surface area (Å²) in [6.07, 6.45) is 0. The van der Waals surface area contributed by atoms with Crippen LogP contribution in [0, 0.1) is 12.3 Å². The van der Waals surface area contributed by atoms with Crippen molar-refractivity contribution in [2.24, 2.45) is 5.41 Å². The van der Waals surface area contributed by atoms with Crippen molar-refractivity contribution in [1.82, 2.24) is 0 Å². The van der Waals surface area contributed by atoms with Gasteiger partial charge in [0.1, 0.15) is 5.41 Å². The predicted octanol–water partition coefficient (Wildman–Crippen LogP) is 3.78. The van der Waals surface area contributed by atoms with Crippen LogP contribution in [0.4, 0.5) is 0 Å². The number of hydrogen-bond donors (Lipinski definition) is 1. The Morgan fingerprint density at radius 3 is 2.45 bits per heavy atom. The zero-order chi connectivity index (χ0) is 15.4. The average molecular weight is 343 g/mol. The maximum Gasteiger partial charge on any atom is 0.316 e.